The van der Waals surface area contributed by atoms with Crippen molar-refractivity contribution in [1.29, 1.82) is 5.26 Å². The molecule has 1 atom stereocenters. The summed E-state index contributed by atoms with van der Waals surface area (Å²) in [6.45, 7) is 0.226. The molecular weight excluding hydrogens is 413 g/mol. The van der Waals surface area contributed by atoms with Gasteiger partial charge in [0.25, 0.3) is 15.8 Å². The first-order valence-corrected chi connectivity index (χ1v) is 9.43. The van der Waals surface area contributed by atoms with Gasteiger partial charge < -0.3 is 14.6 Å². The zero-order valence-electron chi connectivity index (χ0n) is 14.1. The van der Waals surface area contributed by atoms with E-state index < -0.39 is 55.2 Å². The number of halogens is 5. The van der Waals surface area contributed by atoms with Gasteiger partial charge in [-0.1, -0.05) is 0 Å². The van der Waals surface area contributed by atoms with Crippen molar-refractivity contribution in [2.45, 2.75) is 35.3 Å². The van der Waals surface area contributed by atoms with Crippen LogP contribution in [0.1, 0.15) is 23.7 Å². The highest BCUT2D eigenvalue weighted by atomic mass is 32.2. The highest BCUT2D eigenvalue weighted by Gasteiger charge is 2.55. The second-order valence-electron chi connectivity index (χ2n) is 6.86. The fourth-order valence-electron chi connectivity index (χ4n) is 3.17. The topological polar surface area (TPSA) is 96.6 Å². The second-order valence-corrected chi connectivity index (χ2v) is 8.77. The molecule has 1 heterocycles. The molecule has 1 fully saturated rings. The fraction of sp³-hybridized carbons (Fsp3) is 0.562. The first kappa shape index (κ1) is 20.8. The van der Waals surface area contributed by atoms with Gasteiger partial charge in [0.2, 0.25) is 0 Å². The third kappa shape index (κ3) is 3.21. The van der Waals surface area contributed by atoms with Crippen LogP contribution < -0.4 is 4.74 Å². The van der Waals surface area contributed by atoms with Crippen LogP contribution in [0, 0.1) is 16.7 Å². The zero-order valence-corrected chi connectivity index (χ0v) is 14.9. The predicted octanol–water partition coefficient (Wildman–Crippen LogP) is 2.51. The van der Waals surface area contributed by atoms with Crippen LogP contribution in [0.25, 0.3) is 0 Å². The number of aliphatic hydroxyl groups excluding tert-OH is 1. The molecule has 1 aromatic carbocycles. The van der Waals surface area contributed by atoms with E-state index in [1.54, 1.807) is 0 Å². The van der Waals surface area contributed by atoms with E-state index in [1.807, 2.05) is 6.07 Å². The van der Waals surface area contributed by atoms with Gasteiger partial charge in [-0.25, -0.2) is 17.2 Å². The van der Waals surface area contributed by atoms with Crippen LogP contribution in [0.3, 0.4) is 0 Å². The SMILES string of the molecule is N#CCC1(COc2ccc(S(=O)(=O)C(F)(F)F)c3c2CC(F)(F)[C@H]3O)COC1. The number of hydrogen-bond donors (Lipinski definition) is 1. The molecule has 28 heavy (non-hydrogen) atoms. The molecule has 1 aliphatic carbocycles. The number of alkyl halides is 5. The second kappa shape index (κ2) is 6.53. The number of rotatable bonds is 5. The van der Waals surface area contributed by atoms with E-state index in [2.05, 4.69) is 0 Å². The molecule has 154 valence electrons. The Kier molecular flexibility index (Phi) is 4.84. The van der Waals surface area contributed by atoms with Gasteiger partial charge in [0, 0.05) is 24.0 Å². The molecule has 1 N–H and O–H groups in total. The Morgan fingerprint density at radius 1 is 1.32 bits per heavy atom. The fourth-order valence-corrected chi connectivity index (χ4v) is 4.19. The summed E-state index contributed by atoms with van der Waals surface area (Å²) >= 11 is 0. The highest BCUT2D eigenvalue weighted by Crippen LogP contribution is 2.50. The van der Waals surface area contributed by atoms with Gasteiger partial charge >= 0.3 is 5.51 Å². The average molecular weight is 427 g/mol. The minimum Gasteiger partial charge on any atom is -0.492 e. The first-order chi connectivity index (χ1) is 12.8. The van der Waals surface area contributed by atoms with Gasteiger partial charge in [-0.05, 0) is 12.1 Å². The van der Waals surface area contributed by atoms with E-state index in [0.29, 0.717) is 6.07 Å². The monoisotopic (exact) mass is 427 g/mol. The summed E-state index contributed by atoms with van der Waals surface area (Å²) in [4.78, 5) is -1.43. The molecule has 0 aromatic heterocycles. The van der Waals surface area contributed by atoms with Crippen LogP contribution >= 0.6 is 0 Å². The van der Waals surface area contributed by atoms with Crippen molar-refractivity contribution in [2.75, 3.05) is 19.8 Å². The molecular formula is C16H14F5NO5S. The maximum atomic E-state index is 14.0. The lowest BCUT2D eigenvalue weighted by Gasteiger charge is -2.39. The predicted molar refractivity (Wildman–Crippen MR) is 82.3 cm³/mol. The Morgan fingerprint density at radius 2 is 1.96 bits per heavy atom. The molecule has 0 unspecified atom stereocenters. The molecule has 2 aliphatic rings. The van der Waals surface area contributed by atoms with Gasteiger partial charge in [0.05, 0.1) is 36.2 Å². The van der Waals surface area contributed by atoms with Crippen molar-refractivity contribution in [3.63, 3.8) is 0 Å². The normalized spacial score (nSPS) is 22.8. The van der Waals surface area contributed by atoms with Gasteiger partial charge in [-0.15, -0.1) is 0 Å². The number of nitriles is 1. The largest absolute Gasteiger partial charge is 0.501 e. The molecule has 0 spiro atoms. The summed E-state index contributed by atoms with van der Waals surface area (Å²) in [6.07, 6.45) is -3.85. The standard InChI is InChI=1S/C16H14F5NO5S/c17-15(18)5-9-10(27-8-14(3-4-22)6-26-7-14)1-2-11(12(9)13(15)23)28(24,25)16(19,20)21/h1-2,13,23H,3,5-8H2/t13-/m0/s1. The van der Waals surface area contributed by atoms with Crippen molar-refractivity contribution in [3.05, 3.63) is 23.3 Å². The summed E-state index contributed by atoms with van der Waals surface area (Å²) in [6, 6.07) is 3.29. The van der Waals surface area contributed by atoms with Crippen LogP contribution in [0.4, 0.5) is 22.0 Å². The Balaban J connectivity index is 2.03. The van der Waals surface area contributed by atoms with E-state index in [0.717, 1.165) is 6.07 Å². The van der Waals surface area contributed by atoms with Crippen molar-refractivity contribution in [3.8, 4) is 11.8 Å². The Morgan fingerprint density at radius 3 is 2.46 bits per heavy atom. The van der Waals surface area contributed by atoms with Gasteiger partial charge in [0.1, 0.15) is 11.9 Å². The molecule has 1 saturated heterocycles. The molecule has 0 radical (unpaired) electrons. The van der Waals surface area contributed by atoms with Crippen LogP contribution in [-0.4, -0.2) is 44.8 Å². The van der Waals surface area contributed by atoms with Crippen molar-refractivity contribution in [2.24, 2.45) is 5.41 Å². The quantitative estimate of drug-likeness (QED) is 0.726. The number of aliphatic hydroxyl groups is 1. The molecule has 0 amide bonds. The molecule has 1 aromatic rings. The lowest BCUT2D eigenvalue weighted by atomic mass is 9.84. The molecule has 12 heteroatoms. The summed E-state index contributed by atoms with van der Waals surface area (Å²) in [5.74, 6) is -4.13. The number of sulfone groups is 1. The van der Waals surface area contributed by atoms with Gasteiger partial charge in [-0.2, -0.15) is 18.4 Å². The molecule has 0 bridgehead atoms. The van der Waals surface area contributed by atoms with Crippen molar-refractivity contribution >= 4 is 9.84 Å². The molecule has 6 nitrogen and oxygen atoms in total. The van der Waals surface area contributed by atoms with E-state index >= 15 is 0 Å². The average Bonchev–Trinajstić information content (AvgIpc) is 2.79. The third-order valence-electron chi connectivity index (χ3n) is 4.76. The van der Waals surface area contributed by atoms with Crippen LogP contribution in [0.2, 0.25) is 0 Å². The van der Waals surface area contributed by atoms with Crippen molar-refractivity contribution in [1.82, 2.24) is 0 Å². The third-order valence-corrected chi connectivity index (χ3v) is 6.30. The number of hydrogen-bond acceptors (Lipinski definition) is 6. The minimum absolute atomic E-state index is 0.0501. The summed E-state index contributed by atoms with van der Waals surface area (Å²) in [7, 11) is -5.96. The van der Waals surface area contributed by atoms with Gasteiger partial charge in [-0.3, -0.25) is 0 Å². The summed E-state index contributed by atoms with van der Waals surface area (Å²) in [5.41, 5.74) is -7.92. The van der Waals surface area contributed by atoms with Crippen molar-refractivity contribution < 1.29 is 45.0 Å². The molecule has 1 aliphatic heterocycles. The number of nitrogens with zero attached hydrogens (tertiary/aromatic N) is 1. The zero-order chi connectivity index (χ0) is 21.0. The maximum Gasteiger partial charge on any atom is 0.501 e. The minimum atomic E-state index is -5.96. The van der Waals surface area contributed by atoms with E-state index in [9.17, 15) is 35.5 Å². The van der Waals surface area contributed by atoms with E-state index in [1.165, 1.54) is 0 Å². The summed E-state index contributed by atoms with van der Waals surface area (Å²) in [5, 5.41) is 18.7. The summed E-state index contributed by atoms with van der Waals surface area (Å²) < 4.78 is 101. The molecule has 3 rings (SSSR count). The number of fused-ring (bicyclic) bond motifs is 1. The molecule has 0 saturated carbocycles. The Labute approximate surface area is 156 Å². The lowest BCUT2D eigenvalue weighted by Crippen LogP contribution is -2.46. The van der Waals surface area contributed by atoms with E-state index in [4.69, 9.17) is 14.7 Å². The smallest absolute Gasteiger partial charge is 0.492 e. The van der Waals surface area contributed by atoms with Crippen LogP contribution in [0.5, 0.6) is 5.75 Å². The van der Waals surface area contributed by atoms with Gasteiger partial charge in [0.15, 0.2) is 0 Å². The highest BCUT2D eigenvalue weighted by molar-refractivity contribution is 7.92. The van der Waals surface area contributed by atoms with Crippen LogP contribution in [0.15, 0.2) is 17.0 Å². The van der Waals surface area contributed by atoms with E-state index in [-0.39, 0.29) is 32.0 Å². The maximum absolute atomic E-state index is 14.0. The Bertz CT molecular complexity index is 934. The van der Waals surface area contributed by atoms with Crippen LogP contribution in [-0.2, 0) is 21.0 Å². The number of ether oxygens (including phenoxy) is 2. The lowest BCUT2D eigenvalue weighted by molar-refractivity contribution is -0.129. The first-order valence-electron chi connectivity index (χ1n) is 7.95. The number of benzene rings is 1. The Hall–Kier alpha value is -1.97.